The number of hydrogen-bond acceptors (Lipinski definition) is 6. The van der Waals surface area contributed by atoms with E-state index in [0.717, 1.165) is 12.1 Å². The number of ether oxygens (including phenoxy) is 3. The molecule has 3 aromatic rings. The number of benzene rings is 2. The molecule has 0 aliphatic heterocycles. The van der Waals surface area contributed by atoms with Crippen LogP contribution in [0.4, 0.5) is 19.3 Å². The molecule has 1 heterocycles. The minimum atomic E-state index is -1.00. The molecule has 0 aliphatic carbocycles. The van der Waals surface area contributed by atoms with Gasteiger partial charge in [-0.05, 0) is 42.0 Å². The first-order valence-electron chi connectivity index (χ1n) is 10.1. The molecule has 0 bridgehead atoms. The van der Waals surface area contributed by atoms with Crippen molar-refractivity contribution in [3.8, 4) is 11.3 Å². The van der Waals surface area contributed by atoms with Crippen molar-refractivity contribution in [2.45, 2.75) is 6.54 Å². The third-order valence-corrected chi connectivity index (χ3v) is 4.48. The maximum Gasteiger partial charge on any atom is 0.411 e. The lowest BCUT2D eigenvalue weighted by atomic mass is 10.1. The van der Waals surface area contributed by atoms with E-state index in [2.05, 4.69) is 10.4 Å². The fourth-order valence-electron chi connectivity index (χ4n) is 2.88. The summed E-state index contributed by atoms with van der Waals surface area (Å²) in [6, 6.07) is 13.0. The van der Waals surface area contributed by atoms with Crippen molar-refractivity contribution in [2.75, 3.05) is 38.9 Å². The highest BCUT2D eigenvalue weighted by Gasteiger charge is 2.09. The summed E-state index contributed by atoms with van der Waals surface area (Å²) < 4.78 is 43.1. The van der Waals surface area contributed by atoms with Crippen LogP contribution in [0.15, 0.2) is 59.4 Å². The minimum absolute atomic E-state index is 0.0886. The van der Waals surface area contributed by atoms with E-state index in [1.807, 2.05) is 0 Å². The summed E-state index contributed by atoms with van der Waals surface area (Å²) in [6.45, 7) is 1.31. The van der Waals surface area contributed by atoms with E-state index in [9.17, 15) is 18.4 Å². The Morgan fingerprint density at radius 3 is 2.61 bits per heavy atom. The van der Waals surface area contributed by atoms with Gasteiger partial charge in [-0.2, -0.15) is 5.10 Å². The van der Waals surface area contributed by atoms with Crippen molar-refractivity contribution in [3.05, 3.63) is 82.1 Å². The molecule has 174 valence electrons. The smallest absolute Gasteiger partial charge is 0.411 e. The summed E-state index contributed by atoms with van der Waals surface area (Å²) in [5.41, 5.74) is 1.45. The van der Waals surface area contributed by atoms with Gasteiger partial charge in [-0.25, -0.2) is 18.3 Å². The zero-order valence-corrected chi connectivity index (χ0v) is 17.9. The largest absolute Gasteiger partial charge is 0.447 e. The lowest BCUT2D eigenvalue weighted by molar-refractivity contribution is 0.0447. The second kappa shape index (κ2) is 11.8. The molecule has 0 aliphatic rings. The van der Waals surface area contributed by atoms with Crippen LogP contribution in [0, 0.1) is 11.6 Å². The van der Waals surface area contributed by atoms with Crippen LogP contribution in [0.3, 0.4) is 0 Å². The summed E-state index contributed by atoms with van der Waals surface area (Å²) in [5, 5.41) is 6.86. The lowest BCUT2D eigenvalue weighted by Crippen LogP contribution is -2.23. The molecule has 2 aromatic carbocycles. The molecule has 1 N–H and O–H groups in total. The van der Waals surface area contributed by atoms with Gasteiger partial charge in [-0.1, -0.05) is 12.1 Å². The van der Waals surface area contributed by atoms with Gasteiger partial charge in [0.1, 0.15) is 6.61 Å². The van der Waals surface area contributed by atoms with Crippen LogP contribution in [-0.2, 0) is 20.8 Å². The second-order valence-electron chi connectivity index (χ2n) is 6.91. The van der Waals surface area contributed by atoms with E-state index in [1.54, 1.807) is 31.4 Å². The van der Waals surface area contributed by atoms with Gasteiger partial charge >= 0.3 is 6.09 Å². The van der Waals surface area contributed by atoms with Crippen molar-refractivity contribution in [1.29, 1.82) is 0 Å². The van der Waals surface area contributed by atoms with Gasteiger partial charge in [0.2, 0.25) is 0 Å². The number of aromatic nitrogens is 2. The maximum atomic E-state index is 13.6. The molecule has 0 saturated heterocycles. The van der Waals surface area contributed by atoms with E-state index in [-0.39, 0.29) is 25.3 Å². The molecule has 0 unspecified atom stereocenters. The van der Waals surface area contributed by atoms with E-state index in [1.165, 1.54) is 22.9 Å². The van der Waals surface area contributed by atoms with Gasteiger partial charge in [-0.15, -0.1) is 0 Å². The summed E-state index contributed by atoms with van der Waals surface area (Å²) in [5.74, 6) is -1.97. The number of methoxy groups -OCH3 is 1. The molecular weight excluding hydrogens is 436 g/mol. The van der Waals surface area contributed by atoms with Crippen LogP contribution in [0.5, 0.6) is 0 Å². The van der Waals surface area contributed by atoms with E-state index < -0.39 is 17.7 Å². The normalized spacial score (nSPS) is 10.8. The molecule has 0 radical (unpaired) electrons. The van der Waals surface area contributed by atoms with Gasteiger partial charge in [-0.3, -0.25) is 10.1 Å². The Hall–Kier alpha value is -3.63. The van der Waals surface area contributed by atoms with Crippen LogP contribution in [-0.4, -0.2) is 49.4 Å². The Bertz CT molecular complexity index is 1150. The minimum Gasteiger partial charge on any atom is -0.447 e. The predicted octanol–water partition coefficient (Wildman–Crippen LogP) is 3.45. The highest BCUT2D eigenvalue weighted by molar-refractivity contribution is 5.84. The van der Waals surface area contributed by atoms with Crippen molar-refractivity contribution >= 4 is 11.8 Å². The monoisotopic (exact) mass is 459 g/mol. The average molecular weight is 459 g/mol. The van der Waals surface area contributed by atoms with Crippen LogP contribution in [0.25, 0.3) is 11.3 Å². The predicted molar refractivity (Wildman–Crippen MR) is 117 cm³/mol. The fourth-order valence-corrected chi connectivity index (χ4v) is 2.88. The van der Waals surface area contributed by atoms with Crippen LogP contribution >= 0.6 is 0 Å². The Morgan fingerprint density at radius 2 is 1.82 bits per heavy atom. The molecule has 0 fully saturated rings. The topological polar surface area (TPSA) is 91.7 Å². The number of nitrogens with one attached hydrogen (secondary N) is 1. The third-order valence-electron chi connectivity index (χ3n) is 4.48. The second-order valence-corrected chi connectivity index (χ2v) is 6.91. The van der Waals surface area contributed by atoms with Crippen molar-refractivity contribution in [2.24, 2.45) is 0 Å². The first kappa shape index (κ1) is 24.0. The first-order valence-corrected chi connectivity index (χ1v) is 10.1. The number of carbonyl (C=O) groups is 1. The SMILES string of the molecule is COCCOCCOC(=O)Nc1cccc(Cn2nc(-c3ccc(F)c(F)c3)ccc2=O)c1. The Labute approximate surface area is 188 Å². The van der Waals surface area contributed by atoms with E-state index >= 15 is 0 Å². The molecule has 1 amide bonds. The summed E-state index contributed by atoms with van der Waals surface area (Å²) >= 11 is 0. The number of amides is 1. The first-order chi connectivity index (χ1) is 16.0. The van der Waals surface area contributed by atoms with Gasteiger partial charge in [0.05, 0.1) is 32.1 Å². The summed E-state index contributed by atoms with van der Waals surface area (Å²) in [4.78, 5) is 24.2. The van der Waals surface area contributed by atoms with Gasteiger partial charge < -0.3 is 14.2 Å². The third kappa shape index (κ3) is 7.19. The number of anilines is 1. The molecular formula is C23H23F2N3O5. The Kier molecular flexibility index (Phi) is 8.62. The number of rotatable bonds is 10. The highest BCUT2D eigenvalue weighted by Crippen LogP contribution is 2.19. The average Bonchev–Trinajstić information content (AvgIpc) is 2.80. The lowest BCUT2D eigenvalue weighted by Gasteiger charge is -2.10. The van der Waals surface area contributed by atoms with E-state index in [0.29, 0.717) is 35.7 Å². The molecule has 0 saturated carbocycles. The molecule has 33 heavy (non-hydrogen) atoms. The van der Waals surface area contributed by atoms with E-state index in [4.69, 9.17) is 14.2 Å². The zero-order valence-electron chi connectivity index (χ0n) is 17.9. The number of nitrogens with zero attached hydrogens (tertiary/aromatic N) is 2. The van der Waals surface area contributed by atoms with Crippen LogP contribution in [0.1, 0.15) is 5.56 Å². The summed E-state index contributed by atoms with van der Waals surface area (Å²) in [6.07, 6.45) is -0.641. The van der Waals surface area contributed by atoms with Crippen LogP contribution in [0.2, 0.25) is 0 Å². The van der Waals surface area contributed by atoms with Crippen molar-refractivity contribution in [1.82, 2.24) is 9.78 Å². The highest BCUT2D eigenvalue weighted by atomic mass is 19.2. The van der Waals surface area contributed by atoms with Crippen molar-refractivity contribution in [3.63, 3.8) is 0 Å². The number of hydrogen-bond donors (Lipinski definition) is 1. The quantitative estimate of drug-likeness (QED) is 0.467. The van der Waals surface area contributed by atoms with Crippen molar-refractivity contribution < 1.29 is 27.8 Å². The molecule has 3 rings (SSSR count). The van der Waals surface area contributed by atoms with Crippen LogP contribution < -0.4 is 10.9 Å². The van der Waals surface area contributed by atoms with Gasteiger partial charge in [0, 0.05) is 24.4 Å². The fraction of sp³-hybridized carbons (Fsp3) is 0.261. The molecule has 0 spiro atoms. The Morgan fingerprint density at radius 1 is 1.00 bits per heavy atom. The maximum absolute atomic E-state index is 13.6. The Balaban J connectivity index is 1.63. The zero-order chi connectivity index (χ0) is 23.6. The number of halogens is 2. The molecule has 10 heteroatoms. The number of carbonyl (C=O) groups excluding carboxylic acids is 1. The summed E-state index contributed by atoms with van der Waals surface area (Å²) in [7, 11) is 1.57. The molecule has 8 nitrogen and oxygen atoms in total. The standard InChI is InChI=1S/C23H23F2N3O5/c1-31-9-10-32-11-12-33-23(30)26-18-4-2-3-16(13-18)15-28-22(29)8-7-21(27-28)17-5-6-19(24)20(25)14-17/h2-8,13-14H,9-12,15H2,1H3,(H,26,30). The molecule has 1 aromatic heterocycles. The molecule has 0 atom stereocenters. The van der Waals surface area contributed by atoms with Gasteiger partial charge in [0.15, 0.2) is 11.6 Å². The van der Waals surface area contributed by atoms with Gasteiger partial charge in [0.25, 0.3) is 5.56 Å².